The molecule has 0 aliphatic heterocycles. The van der Waals surface area contributed by atoms with Crippen molar-refractivity contribution in [1.29, 1.82) is 0 Å². The lowest BCUT2D eigenvalue weighted by molar-refractivity contribution is -0.157. The molecule has 0 bridgehead atoms. The van der Waals surface area contributed by atoms with Crippen LogP contribution in [-0.2, 0) is 19.1 Å². The van der Waals surface area contributed by atoms with Crippen molar-refractivity contribution >= 4 is 34.5 Å². The van der Waals surface area contributed by atoms with Crippen molar-refractivity contribution in [2.45, 2.75) is 200 Å². The molecule has 0 aromatic rings. The van der Waals surface area contributed by atoms with E-state index in [1.807, 2.05) is 0 Å². The van der Waals surface area contributed by atoms with Gasteiger partial charge < -0.3 is 9.47 Å². The summed E-state index contributed by atoms with van der Waals surface area (Å²) in [6.07, 6.45) is 38.3. The molecule has 0 saturated carbocycles. The number of hydrogen-bond acceptors (Lipinski definition) is 4. The number of allylic oxidation sites excluding steroid dienone is 2. The van der Waals surface area contributed by atoms with E-state index < -0.39 is 0 Å². The average molecular weight is 705 g/mol. The van der Waals surface area contributed by atoms with Crippen LogP contribution < -0.4 is 0 Å². The van der Waals surface area contributed by atoms with Crippen LogP contribution in [-0.4, -0.2) is 29.1 Å². The lowest BCUT2D eigenvalue weighted by atomic mass is 10.0. The molecular weight excluding hydrogens is 635 g/mol. The van der Waals surface area contributed by atoms with Gasteiger partial charge in [-0.1, -0.05) is 177 Å². The summed E-state index contributed by atoms with van der Waals surface area (Å²) in [5, 5.41) is 0. The van der Waals surface area contributed by atoms with Crippen LogP contribution in [0.25, 0.3) is 0 Å². The Bertz CT molecular complexity index is 607. The summed E-state index contributed by atoms with van der Waals surface area (Å²) in [6.45, 7) is 4.71. The van der Waals surface area contributed by atoms with E-state index >= 15 is 0 Å². The Hall–Kier alpha value is -0.590. The van der Waals surface area contributed by atoms with Crippen LogP contribution in [0.1, 0.15) is 194 Å². The molecular formula is C37H69IO4. The molecule has 0 aliphatic rings. The number of halogens is 1. The standard InChI is InChI=1S/C37H69IO4/c1-3-5-7-9-11-13-15-17-18-20-22-24-26-28-30-32-37(40)42-35(33-38)34-41-36(39)31-29-27-25-23-21-19-16-14-12-10-8-6-4-2/h17-18,35H,3-16,19-34H2,1-2H3/b18-17-/t35-/m1/s1. The number of unbranched alkanes of at least 4 members (excludes halogenated alkanes) is 23. The first-order chi connectivity index (χ1) is 20.6. The van der Waals surface area contributed by atoms with Crippen molar-refractivity contribution in [3.05, 3.63) is 12.2 Å². The van der Waals surface area contributed by atoms with Gasteiger partial charge in [0.1, 0.15) is 12.7 Å². The number of esters is 2. The largest absolute Gasteiger partial charge is 0.462 e. The molecule has 0 rings (SSSR count). The highest BCUT2D eigenvalue weighted by Gasteiger charge is 2.15. The summed E-state index contributed by atoms with van der Waals surface area (Å²) in [5.74, 6) is -0.330. The Morgan fingerprint density at radius 1 is 0.524 bits per heavy atom. The van der Waals surface area contributed by atoms with Crippen molar-refractivity contribution in [3.63, 3.8) is 0 Å². The molecule has 0 saturated heterocycles. The zero-order valence-electron chi connectivity index (χ0n) is 28.0. The van der Waals surface area contributed by atoms with E-state index in [0.717, 1.165) is 25.7 Å². The Morgan fingerprint density at radius 2 is 0.881 bits per heavy atom. The minimum atomic E-state index is -0.336. The maximum absolute atomic E-state index is 12.2. The Labute approximate surface area is 275 Å². The van der Waals surface area contributed by atoms with Crippen molar-refractivity contribution in [3.8, 4) is 0 Å². The molecule has 0 unspecified atom stereocenters. The van der Waals surface area contributed by atoms with Crippen LogP contribution in [0.2, 0.25) is 0 Å². The van der Waals surface area contributed by atoms with Crippen molar-refractivity contribution in [1.82, 2.24) is 0 Å². The lowest BCUT2D eigenvalue weighted by Crippen LogP contribution is -2.26. The van der Waals surface area contributed by atoms with Crippen LogP contribution in [0.5, 0.6) is 0 Å². The summed E-state index contributed by atoms with van der Waals surface area (Å²) in [7, 11) is 0. The molecule has 0 radical (unpaired) electrons. The normalized spacial score (nSPS) is 12.2. The lowest BCUT2D eigenvalue weighted by Gasteiger charge is -2.15. The number of carbonyl (C=O) groups excluding carboxylic acids is 2. The van der Waals surface area contributed by atoms with Gasteiger partial charge in [-0.15, -0.1) is 0 Å². The zero-order valence-corrected chi connectivity index (χ0v) is 30.1. The number of ether oxygens (including phenoxy) is 2. The van der Waals surface area contributed by atoms with Gasteiger partial charge in [-0.2, -0.15) is 0 Å². The summed E-state index contributed by atoms with van der Waals surface area (Å²) in [4.78, 5) is 24.3. The molecule has 42 heavy (non-hydrogen) atoms. The quantitative estimate of drug-likeness (QED) is 0.0224. The monoisotopic (exact) mass is 704 g/mol. The summed E-state index contributed by atoms with van der Waals surface area (Å²) in [5.41, 5.74) is 0. The van der Waals surface area contributed by atoms with E-state index in [9.17, 15) is 9.59 Å². The predicted molar refractivity (Wildman–Crippen MR) is 189 cm³/mol. The van der Waals surface area contributed by atoms with Crippen LogP contribution >= 0.6 is 22.6 Å². The third kappa shape index (κ3) is 32.3. The molecule has 5 heteroatoms. The van der Waals surface area contributed by atoms with E-state index in [2.05, 4.69) is 48.6 Å². The number of carbonyl (C=O) groups is 2. The van der Waals surface area contributed by atoms with Gasteiger partial charge in [-0.05, 0) is 38.5 Å². The second-order valence-corrected chi connectivity index (χ2v) is 13.2. The predicted octanol–water partition coefficient (Wildman–Crippen LogP) is 12.4. The highest BCUT2D eigenvalue weighted by atomic mass is 127. The van der Waals surface area contributed by atoms with Crippen molar-refractivity contribution in [2.24, 2.45) is 0 Å². The molecule has 0 aromatic carbocycles. The fourth-order valence-corrected chi connectivity index (χ4v) is 5.67. The highest BCUT2D eigenvalue weighted by molar-refractivity contribution is 14.1. The smallest absolute Gasteiger partial charge is 0.306 e. The molecule has 248 valence electrons. The molecule has 0 aliphatic carbocycles. The van der Waals surface area contributed by atoms with Gasteiger partial charge in [0, 0.05) is 17.3 Å². The summed E-state index contributed by atoms with van der Waals surface area (Å²) in [6, 6.07) is 0. The van der Waals surface area contributed by atoms with E-state index in [1.165, 1.54) is 141 Å². The average Bonchev–Trinajstić information content (AvgIpc) is 2.99. The fourth-order valence-electron chi connectivity index (χ4n) is 5.24. The zero-order chi connectivity index (χ0) is 30.8. The molecule has 4 nitrogen and oxygen atoms in total. The molecule has 1 atom stereocenters. The Morgan fingerprint density at radius 3 is 1.29 bits per heavy atom. The van der Waals surface area contributed by atoms with Crippen LogP contribution in [0, 0.1) is 0 Å². The topological polar surface area (TPSA) is 52.6 Å². The van der Waals surface area contributed by atoms with Crippen LogP contribution in [0.15, 0.2) is 12.2 Å². The Kier molecular flexibility index (Phi) is 34.4. The first-order valence-corrected chi connectivity index (χ1v) is 19.7. The van der Waals surface area contributed by atoms with Gasteiger partial charge in [0.15, 0.2) is 0 Å². The third-order valence-corrected chi connectivity index (χ3v) is 9.01. The van der Waals surface area contributed by atoms with E-state index in [1.54, 1.807) is 0 Å². The molecule has 0 aromatic heterocycles. The van der Waals surface area contributed by atoms with E-state index in [4.69, 9.17) is 9.47 Å². The minimum Gasteiger partial charge on any atom is -0.462 e. The first kappa shape index (κ1) is 41.4. The number of alkyl halides is 1. The maximum atomic E-state index is 12.2. The molecule has 0 fully saturated rings. The van der Waals surface area contributed by atoms with Gasteiger partial charge in [0.25, 0.3) is 0 Å². The molecule has 0 amide bonds. The Balaban J connectivity index is 3.55. The van der Waals surface area contributed by atoms with Crippen LogP contribution in [0.4, 0.5) is 0 Å². The maximum Gasteiger partial charge on any atom is 0.306 e. The van der Waals surface area contributed by atoms with Crippen LogP contribution in [0.3, 0.4) is 0 Å². The van der Waals surface area contributed by atoms with Gasteiger partial charge in [-0.25, -0.2) is 0 Å². The minimum absolute atomic E-state index is 0.165. The third-order valence-electron chi connectivity index (χ3n) is 8.03. The molecule has 0 spiro atoms. The first-order valence-electron chi connectivity index (χ1n) is 18.2. The van der Waals surface area contributed by atoms with Crippen molar-refractivity contribution < 1.29 is 19.1 Å². The van der Waals surface area contributed by atoms with Gasteiger partial charge in [-0.3, -0.25) is 9.59 Å². The fraction of sp³-hybridized carbons (Fsp3) is 0.892. The molecule has 0 N–H and O–H groups in total. The van der Waals surface area contributed by atoms with Gasteiger partial charge in [0.2, 0.25) is 0 Å². The van der Waals surface area contributed by atoms with E-state index in [-0.39, 0.29) is 24.6 Å². The van der Waals surface area contributed by atoms with Gasteiger partial charge >= 0.3 is 11.9 Å². The summed E-state index contributed by atoms with van der Waals surface area (Å²) >= 11 is 2.20. The highest BCUT2D eigenvalue weighted by Crippen LogP contribution is 2.14. The molecule has 0 heterocycles. The number of rotatable bonds is 33. The SMILES string of the molecule is CCCCCCCC/C=C\CCCCCCCC(=O)O[C@H](CI)COC(=O)CCCCCCCCCCCCCCC. The second kappa shape index (κ2) is 34.9. The van der Waals surface area contributed by atoms with Crippen molar-refractivity contribution in [2.75, 3.05) is 11.0 Å². The summed E-state index contributed by atoms with van der Waals surface area (Å²) < 4.78 is 11.6. The number of hydrogen-bond donors (Lipinski definition) is 0. The van der Waals surface area contributed by atoms with E-state index in [0.29, 0.717) is 17.3 Å². The second-order valence-electron chi connectivity index (χ2n) is 12.3. The van der Waals surface area contributed by atoms with Gasteiger partial charge in [0.05, 0.1) is 0 Å².